The van der Waals surface area contributed by atoms with Crippen molar-refractivity contribution in [3.05, 3.63) is 46.5 Å². The van der Waals surface area contributed by atoms with E-state index in [-0.39, 0.29) is 29.2 Å². The van der Waals surface area contributed by atoms with E-state index in [1.165, 1.54) is 0 Å². The van der Waals surface area contributed by atoms with Crippen LogP contribution in [0.15, 0.2) is 35.6 Å². The fraction of sp³-hybridized carbons (Fsp3) is 0.571. The van der Waals surface area contributed by atoms with Crippen LogP contribution in [0.1, 0.15) is 50.4 Å². The minimum Gasteiger partial charge on any atom is -0.347 e. The van der Waals surface area contributed by atoms with E-state index in [9.17, 15) is 9.18 Å². The normalized spacial score (nSPS) is 23.2. The number of para-hydroxylation sites is 1. The Balaban J connectivity index is 1.90. The van der Waals surface area contributed by atoms with Crippen LogP contribution in [0.2, 0.25) is 0 Å². The Morgan fingerprint density at radius 2 is 2.00 bits per heavy atom. The summed E-state index contributed by atoms with van der Waals surface area (Å²) in [6.45, 7) is 6.99. The van der Waals surface area contributed by atoms with Gasteiger partial charge in [-0.15, -0.1) is 0 Å². The first kappa shape index (κ1) is 19.4. The van der Waals surface area contributed by atoms with Crippen LogP contribution < -0.4 is 0 Å². The number of benzene rings is 1. The summed E-state index contributed by atoms with van der Waals surface area (Å²) in [4.78, 5) is 16.3. The topological polar surface area (TPSA) is 70.8 Å². The van der Waals surface area contributed by atoms with E-state index in [0.717, 1.165) is 35.9 Å². The molecule has 1 aliphatic carbocycles. The molecule has 0 bridgehead atoms. The summed E-state index contributed by atoms with van der Waals surface area (Å²) in [7, 11) is 0. The fourth-order valence-electron chi connectivity index (χ4n) is 4.50. The van der Waals surface area contributed by atoms with E-state index in [0.29, 0.717) is 13.0 Å². The van der Waals surface area contributed by atoms with E-state index in [4.69, 9.17) is 5.53 Å². The number of nitrogens with zero attached hydrogens (tertiary/aromatic N) is 4. The highest BCUT2D eigenvalue weighted by Crippen LogP contribution is 2.69. The molecule has 1 aromatic carbocycles. The Labute approximate surface area is 159 Å². The van der Waals surface area contributed by atoms with Gasteiger partial charge in [-0.1, -0.05) is 44.1 Å². The Bertz CT molecular complexity index is 897. The van der Waals surface area contributed by atoms with E-state index in [1.54, 1.807) is 0 Å². The number of unbranched alkanes of at least 4 members (excludes halogenated alkanes) is 2. The lowest BCUT2D eigenvalue weighted by atomic mass is 9.98. The molecule has 1 saturated carbocycles. The van der Waals surface area contributed by atoms with E-state index in [1.807, 2.05) is 37.4 Å². The Morgan fingerprint density at radius 3 is 2.70 bits per heavy atom. The van der Waals surface area contributed by atoms with Gasteiger partial charge in [0.25, 0.3) is 0 Å². The van der Waals surface area contributed by atoms with E-state index >= 15 is 0 Å². The molecule has 1 heterocycles. The quantitative estimate of drug-likeness (QED) is 0.177. The van der Waals surface area contributed by atoms with Crippen LogP contribution in [0, 0.1) is 16.7 Å². The number of ketones is 1. The van der Waals surface area contributed by atoms with Gasteiger partial charge in [-0.3, -0.25) is 9.18 Å². The molecule has 1 aromatic heterocycles. The third kappa shape index (κ3) is 3.23. The van der Waals surface area contributed by atoms with Crippen molar-refractivity contribution in [1.29, 1.82) is 0 Å². The average molecular weight is 370 g/mol. The second-order valence-electron chi connectivity index (χ2n) is 8.33. The molecule has 144 valence electrons. The molecule has 0 aliphatic heterocycles. The van der Waals surface area contributed by atoms with Crippen LogP contribution in [0.4, 0.5) is 4.39 Å². The summed E-state index contributed by atoms with van der Waals surface area (Å²) in [6.07, 6.45) is 4.26. The van der Waals surface area contributed by atoms with Crippen molar-refractivity contribution >= 4 is 16.7 Å². The molecule has 2 atom stereocenters. The van der Waals surface area contributed by atoms with Crippen LogP contribution in [0.5, 0.6) is 0 Å². The van der Waals surface area contributed by atoms with Crippen LogP contribution in [0.25, 0.3) is 21.3 Å². The Morgan fingerprint density at radius 1 is 1.26 bits per heavy atom. The number of aryl methyl sites for hydroxylation is 1. The number of hydrogen-bond acceptors (Lipinski definition) is 2. The SMILES string of the molecule is CC1(C)C(C(=O)c2cn(CCCCCF)c3ccccc23)C1(C)CN=[N+]=[N-]. The lowest BCUT2D eigenvalue weighted by molar-refractivity contribution is 0.0945. The zero-order chi connectivity index (χ0) is 19.7. The Hall–Kier alpha value is -2.33. The second kappa shape index (κ2) is 7.35. The van der Waals surface area contributed by atoms with Gasteiger partial charge in [-0.05, 0) is 41.7 Å². The molecule has 1 aliphatic rings. The van der Waals surface area contributed by atoms with Gasteiger partial charge in [0.2, 0.25) is 0 Å². The van der Waals surface area contributed by atoms with Crippen LogP contribution in [0.3, 0.4) is 0 Å². The zero-order valence-electron chi connectivity index (χ0n) is 16.3. The lowest BCUT2D eigenvalue weighted by Crippen LogP contribution is -2.11. The summed E-state index contributed by atoms with van der Waals surface area (Å²) >= 11 is 0. The summed E-state index contributed by atoms with van der Waals surface area (Å²) in [5.41, 5.74) is 9.93. The third-order valence-corrected chi connectivity index (χ3v) is 6.56. The van der Waals surface area contributed by atoms with E-state index < -0.39 is 0 Å². The van der Waals surface area contributed by atoms with Crippen LogP contribution in [-0.4, -0.2) is 23.6 Å². The molecule has 0 radical (unpaired) electrons. The maximum atomic E-state index is 13.4. The highest BCUT2D eigenvalue weighted by Gasteiger charge is 2.70. The molecule has 0 amide bonds. The van der Waals surface area contributed by atoms with Crippen molar-refractivity contribution in [2.24, 2.45) is 21.9 Å². The predicted octanol–water partition coefficient (Wildman–Crippen LogP) is 5.94. The maximum absolute atomic E-state index is 13.4. The molecule has 0 spiro atoms. The first-order valence-corrected chi connectivity index (χ1v) is 9.57. The smallest absolute Gasteiger partial charge is 0.169 e. The number of carbonyl (C=O) groups is 1. The number of fused-ring (bicyclic) bond motifs is 1. The maximum Gasteiger partial charge on any atom is 0.169 e. The van der Waals surface area contributed by atoms with Gasteiger partial charge in [-0.25, -0.2) is 0 Å². The number of azide groups is 1. The van der Waals surface area contributed by atoms with Crippen LogP contribution in [-0.2, 0) is 6.54 Å². The number of carbonyl (C=O) groups excluding carboxylic acids is 1. The summed E-state index contributed by atoms with van der Waals surface area (Å²) in [6, 6.07) is 7.94. The molecule has 3 rings (SSSR count). The second-order valence-corrected chi connectivity index (χ2v) is 8.33. The van der Waals surface area contributed by atoms with Crippen molar-refractivity contribution in [1.82, 2.24) is 4.57 Å². The van der Waals surface area contributed by atoms with Gasteiger partial charge in [0.05, 0.1) is 6.67 Å². The number of aromatic nitrogens is 1. The molecular weight excluding hydrogens is 343 g/mol. The number of halogens is 1. The van der Waals surface area contributed by atoms with Gasteiger partial charge in [0.1, 0.15) is 0 Å². The van der Waals surface area contributed by atoms with Crippen molar-refractivity contribution in [3.8, 4) is 0 Å². The minimum absolute atomic E-state index is 0.120. The van der Waals surface area contributed by atoms with Crippen LogP contribution >= 0.6 is 0 Å². The number of rotatable bonds is 9. The van der Waals surface area contributed by atoms with Gasteiger partial charge in [0, 0.05) is 46.6 Å². The third-order valence-electron chi connectivity index (χ3n) is 6.56. The monoisotopic (exact) mass is 370 g/mol. The van der Waals surface area contributed by atoms with Gasteiger partial charge in [0.15, 0.2) is 5.78 Å². The molecule has 27 heavy (non-hydrogen) atoms. The highest BCUT2D eigenvalue weighted by atomic mass is 19.1. The summed E-state index contributed by atoms with van der Waals surface area (Å²) < 4.78 is 14.4. The van der Waals surface area contributed by atoms with Gasteiger partial charge < -0.3 is 4.57 Å². The molecule has 0 saturated heterocycles. The molecular formula is C21H27FN4O. The summed E-state index contributed by atoms with van der Waals surface area (Å²) in [5.74, 6) is -0.0457. The number of Topliss-reactive ketones (excluding diaryl/α,β-unsaturated/α-hetero) is 1. The van der Waals surface area contributed by atoms with Crippen molar-refractivity contribution in [2.75, 3.05) is 13.2 Å². The number of alkyl halides is 1. The van der Waals surface area contributed by atoms with Crippen molar-refractivity contribution in [3.63, 3.8) is 0 Å². The predicted molar refractivity (Wildman–Crippen MR) is 105 cm³/mol. The van der Waals surface area contributed by atoms with Gasteiger partial charge in [-0.2, -0.15) is 0 Å². The molecule has 2 aromatic rings. The molecule has 1 fully saturated rings. The molecule has 5 nitrogen and oxygen atoms in total. The fourth-order valence-corrected chi connectivity index (χ4v) is 4.50. The van der Waals surface area contributed by atoms with Gasteiger partial charge >= 0.3 is 0 Å². The first-order chi connectivity index (χ1) is 12.9. The zero-order valence-corrected chi connectivity index (χ0v) is 16.3. The largest absolute Gasteiger partial charge is 0.347 e. The average Bonchev–Trinajstić information content (AvgIpc) is 2.92. The first-order valence-electron chi connectivity index (χ1n) is 9.57. The summed E-state index contributed by atoms with van der Waals surface area (Å²) in [5, 5.41) is 4.71. The van der Waals surface area contributed by atoms with Crippen molar-refractivity contribution < 1.29 is 9.18 Å². The Kier molecular flexibility index (Phi) is 5.29. The van der Waals surface area contributed by atoms with E-state index in [2.05, 4.69) is 28.4 Å². The number of hydrogen-bond donors (Lipinski definition) is 0. The highest BCUT2D eigenvalue weighted by molar-refractivity contribution is 6.11. The standard InChI is InChI=1S/C21H27FN4O/c1-20(2)19(21(20,3)14-24-25-23)18(27)16-13-26(12-8-4-7-11-22)17-10-6-5-9-15(16)17/h5-6,9-10,13,19H,4,7-8,11-12,14H2,1-3H3. The molecule has 6 heteroatoms. The van der Waals surface area contributed by atoms with Crippen molar-refractivity contribution in [2.45, 2.75) is 46.6 Å². The minimum atomic E-state index is -0.319. The molecule has 0 N–H and O–H groups in total. The lowest BCUT2D eigenvalue weighted by Gasteiger charge is -2.09. The molecule has 2 unspecified atom stereocenters.